The molecule has 0 rings (SSSR count). The van der Waals surface area contributed by atoms with Crippen molar-refractivity contribution in [3.8, 4) is 0 Å². The van der Waals surface area contributed by atoms with Crippen LogP contribution in [0.2, 0.25) is 0 Å². The first-order valence-corrected chi connectivity index (χ1v) is 2.71. The molecule has 0 aliphatic heterocycles. The van der Waals surface area contributed by atoms with E-state index in [0.29, 0.717) is 0 Å². The van der Waals surface area contributed by atoms with Crippen LogP contribution in [-0.4, -0.2) is 16.5 Å². The summed E-state index contributed by atoms with van der Waals surface area (Å²) in [7, 11) is 0. The van der Waals surface area contributed by atoms with E-state index in [-0.39, 0.29) is 5.78 Å². The zero-order chi connectivity index (χ0) is 8.36. The van der Waals surface area contributed by atoms with Crippen LogP contribution in [0.15, 0.2) is 0 Å². The van der Waals surface area contributed by atoms with Crippen LogP contribution in [0.4, 0.5) is 0 Å². The standard InChI is InChI=1S/C5H9NO4/c1-4(7)5(2,3)10-6(8)9/h1-3H3. The van der Waals surface area contributed by atoms with Gasteiger partial charge in [-0.1, -0.05) is 0 Å². The molecule has 0 aromatic rings. The average Bonchev–Trinajstić information content (AvgIpc) is 1.60. The molecule has 0 fully saturated rings. The number of rotatable bonds is 3. The fourth-order valence-electron chi connectivity index (χ4n) is 0.251. The molecular weight excluding hydrogens is 138 g/mol. The van der Waals surface area contributed by atoms with Gasteiger partial charge in [-0.2, -0.15) is 0 Å². The zero-order valence-corrected chi connectivity index (χ0v) is 6.08. The maximum absolute atomic E-state index is 10.6. The van der Waals surface area contributed by atoms with Gasteiger partial charge in [0.1, 0.15) is 0 Å². The van der Waals surface area contributed by atoms with Crippen molar-refractivity contribution in [3.63, 3.8) is 0 Å². The molecule has 0 aliphatic carbocycles. The van der Waals surface area contributed by atoms with Crippen LogP contribution in [0.3, 0.4) is 0 Å². The lowest BCUT2D eigenvalue weighted by molar-refractivity contribution is -0.774. The second kappa shape index (κ2) is 2.64. The molecule has 0 aromatic heterocycles. The second-order valence-corrected chi connectivity index (χ2v) is 2.38. The maximum Gasteiger partial charge on any atom is 0.295 e. The van der Waals surface area contributed by atoms with Crippen molar-refractivity contribution in [3.05, 3.63) is 10.1 Å². The third kappa shape index (κ3) is 2.43. The summed E-state index contributed by atoms with van der Waals surface area (Å²) < 4.78 is 0. The number of hydrogen-bond donors (Lipinski definition) is 0. The van der Waals surface area contributed by atoms with E-state index in [0.717, 1.165) is 0 Å². The average molecular weight is 147 g/mol. The third-order valence-corrected chi connectivity index (χ3v) is 1.15. The highest BCUT2D eigenvalue weighted by atomic mass is 17.0. The predicted molar refractivity (Wildman–Crippen MR) is 32.8 cm³/mol. The van der Waals surface area contributed by atoms with Crippen LogP contribution in [0, 0.1) is 10.1 Å². The van der Waals surface area contributed by atoms with Gasteiger partial charge in [0.15, 0.2) is 11.4 Å². The fraction of sp³-hybridized carbons (Fsp3) is 0.800. The molecule has 0 aliphatic rings. The number of Topliss-reactive ketones (excluding diaryl/α,β-unsaturated/α-hetero) is 1. The summed E-state index contributed by atoms with van der Waals surface area (Å²) in [6.07, 6.45) is 0. The van der Waals surface area contributed by atoms with Crippen molar-refractivity contribution in [1.29, 1.82) is 0 Å². The minimum Gasteiger partial charge on any atom is -0.300 e. The Morgan fingerprint density at radius 1 is 1.60 bits per heavy atom. The number of ketones is 1. The lowest BCUT2D eigenvalue weighted by Crippen LogP contribution is -2.35. The summed E-state index contributed by atoms with van der Waals surface area (Å²) in [5.41, 5.74) is -1.32. The number of hydrogen-bond acceptors (Lipinski definition) is 4. The molecule has 0 saturated heterocycles. The number of carbonyl (C=O) groups excluding carboxylic acids is 1. The van der Waals surface area contributed by atoms with Crippen LogP contribution in [0.25, 0.3) is 0 Å². The van der Waals surface area contributed by atoms with E-state index in [9.17, 15) is 14.9 Å². The maximum atomic E-state index is 10.6. The van der Waals surface area contributed by atoms with Crippen molar-refractivity contribution < 1.29 is 14.7 Å². The van der Waals surface area contributed by atoms with E-state index in [1.54, 1.807) is 0 Å². The summed E-state index contributed by atoms with van der Waals surface area (Å²) in [5.74, 6) is -0.371. The summed E-state index contributed by atoms with van der Waals surface area (Å²) >= 11 is 0. The molecule has 0 saturated carbocycles. The number of carbonyl (C=O) groups is 1. The Balaban J connectivity index is 4.13. The van der Waals surface area contributed by atoms with Gasteiger partial charge in [0, 0.05) is 0 Å². The molecule has 10 heavy (non-hydrogen) atoms. The summed E-state index contributed by atoms with van der Waals surface area (Å²) in [4.78, 5) is 24.4. The first-order valence-electron chi connectivity index (χ1n) is 2.71. The molecule has 0 atom stereocenters. The van der Waals surface area contributed by atoms with E-state index >= 15 is 0 Å². The molecule has 5 nitrogen and oxygen atoms in total. The monoisotopic (exact) mass is 147 g/mol. The minimum absolute atomic E-state index is 0.371. The third-order valence-electron chi connectivity index (χ3n) is 1.15. The largest absolute Gasteiger partial charge is 0.300 e. The summed E-state index contributed by atoms with van der Waals surface area (Å²) in [6, 6.07) is 0. The van der Waals surface area contributed by atoms with Gasteiger partial charge in [0.2, 0.25) is 0 Å². The van der Waals surface area contributed by atoms with Gasteiger partial charge >= 0.3 is 0 Å². The molecule has 0 spiro atoms. The first kappa shape index (κ1) is 8.87. The normalized spacial score (nSPS) is 10.7. The molecule has 0 unspecified atom stereocenters. The Hall–Kier alpha value is -1.13. The summed E-state index contributed by atoms with van der Waals surface area (Å²) in [6.45, 7) is 3.93. The van der Waals surface area contributed by atoms with Gasteiger partial charge in [-0.3, -0.25) is 9.63 Å². The summed E-state index contributed by atoms with van der Waals surface area (Å²) in [5, 5.41) is 8.78. The smallest absolute Gasteiger partial charge is 0.295 e. The Bertz CT molecular complexity index is 163. The van der Waals surface area contributed by atoms with Crippen LogP contribution >= 0.6 is 0 Å². The first-order chi connectivity index (χ1) is 4.36. The highest BCUT2D eigenvalue weighted by Gasteiger charge is 2.27. The van der Waals surface area contributed by atoms with Crippen molar-refractivity contribution in [1.82, 2.24) is 0 Å². The zero-order valence-electron chi connectivity index (χ0n) is 6.08. The highest BCUT2D eigenvalue weighted by Crippen LogP contribution is 2.09. The molecule has 0 bridgehead atoms. The van der Waals surface area contributed by atoms with Crippen molar-refractivity contribution in [2.45, 2.75) is 26.4 Å². The minimum atomic E-state index is -1.32. The molecule has 58 valence electrons. The SMILES string of the molecule is CC(=O)C(C)(C)O[N+](=O)[O-]. The lowest BCUT2D eigenvalue weighted by Gasteiger charge is -2.17. The van der Waals surface area contributed by atoms with Crippen LogP contribution in [0.5, 0.6) is 0 Å². The Labute approximate surface area is 58.1 Å². The van der Waals surface area contributed by atoms with Crippen LogP contribution < -0.4 is 0 Å². The number of nitrogens with zero attached hydrogens (tertiary/aromatic N) is 1. The fourth-order valence-corrected chi connectivity index (χ4v) is 0.251. The molecular formula is C5H9NO4. The molecule has 0 amide bonds. The van der Waals surface area contributed by atoms with E-state index < -0.39 is 10.7 Å². The lowest BCUT2D eigenvalue weighted by atomic mass is 10.1. The van der Waals surface area contributed by atoms with E-state index in [4.69, 9.17) is 0 Å². The second-order valence-electron chi connectivity index (χ2n) is 2.38. The van der Waals surface area contributed by atoms with Gasteiger partial charge in [-0.05, 0) is 20.8 Å². The Morgan fingerprint density at radius 3 is 2.10 bits per heavy atom. The molecule has 0 heterocycles. The van der Waals surface area contributed by atoms with Crippen molar-refractivity contribution >= 4 is 5.78 Å². The predicted octanol–water partition coefficient (Wildman–Crippen LogP) is 0.562. The Morgan fingerprint density at radius 2 is 2.00 bits per heavy atom. The van der Waals surface area contributed by atoms with E-state index in [2.05, 4.69) is 4.84 Å². The Kier molecular flexibility index (Phi) is 2.34. The van der Waals surface area contributed by atoms with Gasteiger partial charge in [-0.15, -0.1) is 10.1 Å². The van der Waals surface area contributed by atoms with Crippen molar-refractivity contribution in [2.24, 2.45) is 0 Å². The molecule has 0 N–H and O–H groups in total. The van der Waals surface area contributed by atoms with E-state index in [1.807, 2.05) is 0 Å². The van der Waals surface area contributed by atoms with Crippen LogP contribution in [0.1, 0.15) is 20.8 Å². The van der Waals surface area contributed by atoms with Gasteiger partial charge < -0.3 is 0 Å². The van der Waals surface area contributed by atoms with Crippen molar-refractivity contribution in [2.75, 3.05) is 0 Å². The van der Waals surface area contributed by atoms with Gasteiger partial charge in [-0.25, -0.2) is 0 Å². The van der Waals surface area contributed by atoms with Crippen LogP contribution in [-0.2, 0) is 9.63 Å². The van der Waals surface area contributed by atoms with Gasteiger partial charge in [0.25, 0.3) is 5.09 Å². The van der Waals surface area contributed by atoms with Gasteiger partial charge in [0.05, 0.1) is 0 Å². The van der Waals surface area contributed by atoms with E-state index in [1.165, 1.54) is 20.8 Å². The quantitative estimate of drug-likeness (QED) is 0.432. The molecule has 5 heteroatoms. The highest BCUT2D eigenvalue weighted by molar-refractivity contribution is 5.83. The molecule has 0 aromatic carbocycles. The molecule has 0 radical (unpaired) electrons. The topological polar surface area (TPSA) is 69.4 Å².